The Morgan fingerprint density at radius 2 is 1.68 bits per heavy atom. The molecule has 0 radical (unpaired) electrons. The Bertz CT molecular complexity index is 1240. The Balaban J connectivity index is 1.84. The topological polar surface area (TPSA) is 109 Å². The maximum Gasteiger partial charge on any atom is 0.326 e. The number of hydrogen-bond donors (Lipinski definition) is 2. The van der Waals surface area contributed by atoms with Gasteiger partial charge in [-0.3, -0.25) is 4.79 Å². The van der Waals surface area contributed by atoms with Crippen molar-refractivity contribution < 1.29 is 24.2 Å². The van der Waals surface area contributed by atoms with Gasteiger partial charge >= 0.3 is 5.97 Å². The third-order valence-electron chi connectivity index (χ3n) is 5.29. The molecule has 34 heavy (non-hydrogen) atoms. The Labute approximate surface area is 206 Å². The lowest BCUT2D eigenvalue weighted by atomic mass is 9.98. The smallest absolute Gasteiger partial charge is 0.326 e. The molecule has 0 bridgehead atoms. The van der Waals surface area contributed by atoms with Crippen molar-refractivity contribution in [2.24, 2.45) is 0 Å². The summed E-state index contributed by atoms with van der Waals surface area (Å²) in [6.07, 6.45) is 0.104. The Hall–Kier alpha value is -3.83. The number of benzene rings is 3. The van der Waals surface area contributed by atoms with Gasteiger partial charge in [0.05, 0.1) is 37.0 Å². The molecule has 1 atom stereocenters. The zero-order valence-electron chi connectivity index (χ0n) is 18.9. The zero-order chi connectivity index (χ0) is 24.8. The van der Waals surface area contributed by atoms with Gasteiger partial charge in [-0.25, -0.2) is 4.79 Å². The van der Waals surface area contributed by atoms with Crippen molar-refractivity contribution in [3.05, 3.63) is 81.3 Å². The first kappa shape index (κ1) is 24.8. The van der Waals surface area contributed by atoms with Gasteiger partial charge in [0.15, 0.2) is 0 Å². The minimum Gasteiger partial charge on any atom is -0.496 e. The van der Waals surface area contributed by atoms with Crippen molar-refractivity contribution in [1.82, 2.24) is 5.32 Å². The molecule has 3 rings (SSSR count). The lowest BCUT2D eigenvalue weighted by molar-refractivity contribution is -0.139. The van der Waals surface area contributed by atoms with Crippen LogP contribution in [0.1, 0.15) is 27.0 Å². The number of amides is 1. The van der Waals surface area contributed by atoms with Crippen LogP contribution in [0.5, 0.6) is 11.5 Å². The van der Waals surface area contributed by atoms with E-state index in [0.29, 0.717) is 32.7 Å². The van der Waals surface area contributed by atoms with Gasteiger partial charge in [-0.1, -0.05) is 35.9 Å². The van der Waals surface area contributed by atoms with Crippen LogP contribution in [-0.4, -0.2) is 37.2 Å². The molecule has 3 aromatic rings. The molecule has 8 heteroatoms. The second kappa shape index (κ2) is 10.9. The number of nitriles is 1. The van der Waals surface area contributed by atoms with E-state index < -0.39 is 17.9 Å². The first-order valence-electron chi connectivity index (χ1n) is 10.3. The molecule has 0 fully saturated rings. The molecule has 1 amide bonds. The number of carboxylic acid groups (broad SMARTS) is 1. The van der Waals surface area contributed by atoms with Crippen LogP contribution in [0.2, 0.25) is 0 Å². The van der Waals surface area contributed by atoms with E-state index in [1.807, 2.05) is 25.1 Å². The summed E-state index contributed by atoms with van der Waals surface area (Å²) < 4.78 is 11.5. The molecule has 0 heterocycles. The molecular formula is C26H23BrN2O5. The van der Waals surface area contributed by atoms with Crippen molar-refractivity contribution in [3.63, 3.8) is 0 Å². The summed E-state index contributed by atoms with van der Waals surface area (Å²) in [7, 11) is 3.03. The number of rotatable bonds is 8. The van der Waals surface area contributed by atoms with Gasteiger partial charge in [0.25, 0.3) is 5.91 Å². The van der Waals surface area contributed by atoms with Gasteiger partial charge in [0.2, 0.25) is 0 Å². The summed E-state index contributed by atoms with van der Waals surface area (Å²) >= 11 is 3.34. The Morgan fingerprint density at radius 3 is 2.21 bits per heavy atom. The fraction of sp³-hybridized carbons (Fsp3) is 0.192. The number of carboxylic acids is 1. The predicted octanol–water partition coefficient (Wildman–Crippen LogP) is 4.74. The largest absolute Gasteiger partial charge is 0.496 e. The molecule has 7 nitrogen and oxygen atoms in total. The number of hydrogen-bond acceptors (Lipinski definition) is 5. The molecule has 0 aliphatic carbocycles. The van der Waals surface area contributed by atoms with Crippen LogP contribution >= 0.6 is 15.9 Å². The third-order valence-corrected chi connectivity index (χ3v) is 5.98. The lowest BCUT2D eigenvalue weighted by Gasteiger charge is -2.17. The Morgan fingerprint density at radius 1 is 1.06 bits per heavy atom. The fourth-order valence-electron chi connectivity index (χ4n) is 3.55. The number of carbonyl (C=O) groups excluding carboxylic acids is 1. The summed E-state index contributed by atoms with van der Waals surface area (Å²) in [5.41, 5.74) is 3.87. The van der Waals surface area contributed by atoms with Crippen LogP contribution in [0.25, 0.3) is 11.1 Å². The van der Waals surface area contributed by atoms with E-state index in [4.69, 9.17) is 9.47 Å². The number of aryl methyl sites for hydroxylation is 1. The van der Waals surface area contributed by atoms with E-state index in [9.17, 15) is 20.0 Å². The Kier molecular flexibility index (Phi) is 7.92. The fourth-order valence-corrected chi connectivity index (χ4v) is 3.98. The molecule has 0 aliphatic rings. The maximum absolute atomic E-state index is 12.7. The highest BCUT2D eigenvalue weighted by atomic mass is 79.9. The molecule has 174 valence electrons. The van der Waals surface area contributed by atoms with E-state index in [-0.39, 0.29) is 6.42 Å². The molecule has 1 unspecified atom stereocenters. The van der Waals surface area contributed by atoms with Crippen LogP contribution in [0.15, 0.2) is 59.1 Å². The summed E-state index contributed by atoms with van der Waals surface area (Å²) in [6, 6.07) is 16.8. The minimum absolute atomic E-state index is 0.104. The second-order valence-corrected chi connectivity index (χ2v) is 8.47. The third kappa shape index (κ3) is 5.56. The summed E-state index contributed by atoms with van der Waals surface area (Å²) in [4.78, 5) is 24.6. The van der Waals surface area contributed by atoms with Crippen molar-refractivity contribution in [2.75, 3.05) is 14.2 Å². The van der Waals surface area contributed by atoms with E-state index in [1.165, 1.54) is 14.2 Å². The molecular weight excluding hydrogens is 500 g/mol. The highest BCUT2D eigenvalue weighted by Gasteiger charge is 2.23. The number of carbonyl (C=O) groups is 2. The maximum atomic E-state index is 12.7. The molecule has 0 spiro atoms. The molecule has 0 aromatic heterocycles. The van der Waals surface area contributed by atoms with Crippen molar-refractivity contribution in [3.8, 4) is 28.7 Å². The predicted molar refractivity (Wildman–Crippen MR) is 131 cm³/mol. The quantitative estimate of drug-likeness (QED) is 0.442. The molecule has 2 N–H and O–H groups in total. The number of nitrogens with zero attached hydrogens (tertiary/aromatic N) is 1. The summed E-state index contributed by atoms with van der Waals surface area (Å²) in [5, 5.41) is 21.5. The van der Waals surface area contributed by atoms with Gasteiger partial charge in [-0.15, -0.1) is 0 Å². The molecule has 0 saturated carbocycles. The van der Waals surface area contributed by atoms with Gasteiger partial charge in [0, 0.05) is 10.9 Å². The van der Waals surface area contributed by atoms with E-state index in [0.717, 1.165) is 16.7 Å². The number of methoxy groups -OCH3 is 2. The number of ether oxygens (including phenoxy) is 2. The van der Waals surface area contributed by atoms with E-state index in [1.54, 1.807) is 36.4 Å². The minimum atomic E-state index is -1.13. The van der Waals surface area contributed by atoms with Crippen molar-refractivity contribution >= 4 is 27.8 Å². The number of aliphatic carboxylic acids is 1. The normalized spacial score (nSPS) is 11.3. The second-order valence-electron chi connectivity index (χ2n) is 7.62. The van der Waals surface area contributed by atoms with Gasteiger partial charge in [0.1, 0.15) is 17.5 Å². The van der Waals surface area contributed by atoms with E-state index in [2.05, 4.69) is 27.3 Å². The zero-order valence-corrected chi connectivity index (χ0v) is 20.5. The van der Waals surface area contributed by atoms with E-state index >= 15 is 0 Å². The van der Waals surface area contributed by atoms with Gasteiger partial charge < -0.3 is 19.9 Å². The average molecular weight is 523 g/mol. The highest BCUT2D eigenvalue weighted by Crippen LogP contribution is 2.39. The SMILES string of the molecule is COc1cc(C#N)cc(OC)c1-c1ccc(CC(NC(=O)c2cc(C)ccc2Br)C(=O)O)cc1. The average Bonchev–Trinajstić information content (AvgIpc) is 2.84. The molecule has 0 aliphatic heterocycles. The van der Waals surface area contributed by atoms with Crippen LogP contribution < -0.4 is 14.8 Å². The van der Waals surface area contributed by atoms with Crippen LogP contribution in [0.4, 0.5) is 0 Å². The summed E-state index contributed by atoms with van der Waals surface area (Å²) in [6.45, 7) is 1.86. The van der Waals surface area contributed by atoms with Crippen molar-refractivity contribution in [1.29, 1.82) is 5.26 Å². The number of nitrogens with one attached hydrogen (secondary N) is 1. The van der Waals surface area contributed by atoms with Gasteiger partial charge in [-0.05, 0) is 58.2 Å². The lowest BCUT2D eigenvalue weighted by Crippen LogP contribution is -2.42. The monoisotopic (exact) mass is 522 g/mol. The number of halogens is 1. The molecule has 0 saturated heterocycles. The molecule has 3 aromatic carbocycles. The highest BCUT2D eigenvalue weighted by molar-refractivity contribution is 9.10. The first-order chi connectivity index (χ1) is 16.3. The van der Waals surface area contributed by atoms with Crippen LogP contribution in [0.3, 0.4) is 0 Å². The van der Waals surface area contributed by atoms with Crippen LogP contribution in [-0.2, 0) is 11.2 Å². The van der Waals surface area contributed by atoms with Gasteiger partial charge in [-0.2, -0.15) is 5.26 Å². The summed E-state index contributed by atoms with van der Waals surface area (Å²) in [5.74, 6) is -0.616. The standard InChI is InChI=1S/C26H23BrN2O5/c1-15-4-9-20(27)19(10-15)25(30)29-21(26(31)32)11-16-5-7-18(8-6-16)24-22(33-2)12-17(14-28)13-23(24)34-3/h4-10,12-13,21H,11H2,1-3H3,(H,29,30)(H,31,32). The van der Waals surface area contributed by atoms with Crippen molar-refractivity contribution in [2.45, 2.75) is 19.4 Å². The first-order valence-corrected chi connectivity index (χ1v) is 11.1. The van der Waals surface area contributed by atoms with Crippen LogP contribution in [0, 0.1) is 18.3 Å².